The molecule has 0 saturated carbocycles. The smallest absolute Gasteiger partial charge is 0.219 e. The average molecular weight is 461 g/mol. The zero-order valence-electron chi connectivity index (χ0n) is 18.7. The molecule has 4 aromatic rings. The second kappa shape index (κ2) is 8.62. The van der Waals surface area contributed by atoms with Crippen molar-refractivity contribution in [2.24, 2.45) is 0 Å². The topological polar surface area (TPSA) is 97.7 Å². The number of benzene rings is 1. The van der Waals surface area contributed by atoms with E-state index in [0.29, 0.717) is 13.2 Å². The minimum absolute atomic E-state index is 0.214. The maximum atomic E-state index is 13.3. The van der Waals surface area contributed by atoms with Gasteiger partial charge in [0.25, 0.3) is 0 Å². The van der Waals surface area contributed by atoms with E-state index in [1.807, 2.05) is 18.3 Å². The molecular formula is C24H25FN8O. The van der Waals surface area contributed by atoms with Crippen molar-refractivity contribution in [1.29, 1.82) is 0 Å². The third kappa shape index (κ3) is 3.95. The van der Waals surface area contributed by atoms with E-state index < -0.39 is 0 Å². The highest BCUT2D eigenvalue weighted by molar-refractivity contribution is 5.71. The van der Waals surface area contributed by atoms with Gasteiger partial charge in [0.15, 0.2) is 11.5 Å². The Bertz CT molecular complexity index is 1320. The van der Waals surface area contributed by atoms with E-state index in [4.69, 9.17) is 20.4 Å². The van der Waals surface area contributed by atoms with Crippen molar-refractivity contribution in [3.63, 3.8) is 0 Å². The lowest BCUT2D eigenvalue weighted by molar-refractivity contribution is 0.122. The second-order valence-corrected chi connectivity index (χ2v) is 8.67. The lowest BCUT2D eigenvalue weighted by atomic mass is 10.1. The first kappa shape index (κ1) is 20.9. The van der Waals surface area contributed by atoms with Crippen molar-refractivity contribution in [3.8, 4) is 11.3 Å². The molecule has 0 unspecified atom stereocenters. The number of halogens is 1. The molecule has 34 heavy (non-hydrogen) atoms. The Morgan fingerprint density at radius 3 is 2.53 bits per heavy atom. The summed E-state index contributed by atoms with van der Waals surface area (Å²) in [5.41, 5.74) is 11.5. The van der Waals surface area contributed by atoms with Gasteiger partial charge in [-0.05, 0) is 17.7 Å². The van der Waals surface area contributed by atoms with Gasteiger partial charge in [-0.25, -0.2) is 24.3 Å². The van der Waals surface area contributed by atoms with Crippen LogP contribution in [-0.4, -0.2) is 62.1 Å². The minimum atomic E-state index is -0.214. The predicted octanol–water partition coefficient (Wildman–Crippen LogP) is 2.30. The molecular weight excluding hydrogens is 435 g/mol. The number of rotatable bonds is 4. The Labute approximate surface area is 196 Å². The van der Waals surface area contributed by atoms with Crippen LogP contribution in [0.4, 0.5) is 16.2 Å². The highest BCUT2D eigenvalue weighted by atomic mass is 19.1. The SMILES string of the molecule is Nc1ncc(-c2cn3c4c(nc3c(N3CCOCC3)n2)CCN(Cc2ccc(F)cc2)C4)cn1. The number of nitrogens with zero attached hydrogens (tertiary/aromatic N) is 7. The molecule has 174 valence electrons. The lowest BCUT2D eigenvalue weighted by Gasteiger charge is -2.28. The van der Waals surface area contributed by atoms with Crippen molar-refractivity contribution in [2.45, 2.75) is 19.5 Å². The van der Waals surface area contributed by atoms with Crippen molar-refractivity contribution >= 4 is 17.4 Å². The fourth-order valence-electron chi connectivity index (χ4n) is 4.63. The number of fused-ring (bicyclic) bond motifs is 3. The molecule has 2 aliphatic rings. The van der Waals surface area contributed by atoms with Crippen LogP contribution in [0, 0.1) is 5.82 Å². The van der Waals surface area contributed by atoms with E-state index in [0.717, 1.165) is 78.8 Å². The molecule has 1 aromatic carbocycles. The summed E-state index contributed by atoms with van der Waals surface area (Å²) in [7, 11) is 0. The third-order valence-electron chi connectivity index (χ3n) is 6.41. The summed E-state index contributed by atoms with van der Waals surface area (Å²) in [4.78, 5) is 22.9. The standard InChI is InChI=1S/C24H25FN8O/c25-18-3-1-16(2-4-18)13-31-6-5-19-21(15-31)33-14-20(17-11-27-24(26)28-12-17)30-22(23(33)29-19)32-7-9-34-10-8-32/h1-4,11-12,14H,5-10,13,15H2,(H2,26,27,28). The summed E-state index contributed by atoms with van der Waals surface area (Å²) in [6.45, 7) is 5.25. The van der Waals surface area contributed by atoms with Crippen LogP contribution in [0.25, 0.3) is 16.9 Å². The van der Waals surface area contributed by atoms with Crippen molar-refractivity contribution in [2.75, 3.05) is 43.5 Å². The summed E-state index contributed by atoms with van der Waals surface area (Å²) >= 11 is 0. The van der Waals surface area contributed by atoms with Gasteiger partial charge in [-0.15, -0.1) is 0 Å². The van der Waals surface area contributed by atoms with Crippen LogP contribution >= 0.6 is 0 Å². The van der Waals surface area contributed by atoms with Gasteiger partial charge in [-0.3, -0.25) is 9.30 Å². The molecule has 0 aliphatic carbocycles. The summed E-state index contributed by atoms with van der Waals surface area (Å²) in [5, 5.41) is 0. The zero-order chi connectivity index (χ0) is 23.1. The molecule has 1 saturated heterocycles. The number of nitrogens with two attached hydrogens (primary N) is 1. The molecule has 10 heteroatoms. The van der Waals surface area contributed by atoms with E-state index in [9.17, 15) is 4.39 Å². The van der Waals surface area contributed by atoms with Crippen molar-refractivity contribution in [3.05, 3.63) is 65.6 Å². The maximum absolute atomic E-state index is 13.3. The van der Waals surface area contributed by atoms with Crippen molar-refractivity contribution in [1.82, 2.24) is 29.2 Å². The second-order valence-electron chi connectivity index (χ2n) is 8.67. The number of ether oxygens (including phenoxy) is 1. The first-order valence-corrected chi connectivity index (χ1v) is 11.4. The minimum Gasteiger partial charge on any atom is -0.378 e. The van der Waals surface area contributed by atoms with Crippen LogP contribution in [0.5, 0.6) is 0 Å². The van der Waals surface area contributed by atoms with Crippen LogP contribution in [0.1, 0.15) is 17.0 Å². The highest BCUT2D eigenvalue weighted by Crippen LogP contribution is 2.30. The van der Waals surface area contributed by atoms with Crippen LogP contribution in [0.15, 0.2) is 42.9 Å². The molecule has 3 aromatic heterocycles. The van der Waals surface area contributed by atoms with E-state index >= 15 is 0 Å². The van der Waals surface area contributed by atoms with Crippen LogP contribution in [-0.2, 0) is 24.2 Å². The molecule has 0 radical (unpaired) electrons. The molecule has 2 N–H and O–H groups in total. The number of morpholine rings is 1. The lowest BCUT2D eigenvalue weighted by Crippen LogP contribution is -2.37. The van der Waals surface area contributed by atoms with Gasteiger partial charge in [-0.1, -0.05) is 12.1 Å². The van der Waals surface area contributed by atoms with E-state index in [-0.39, 0.29) is 11.8 Å². The van der Waals surface area contributed by atoms with E-state index in [1.165, 1.54) is 12.1 Å². The quantitative estimate of drug-likeness (QED) is 0.496. The molecule has 2 aliphatic heterocycles. The Morgan fingerprint density at radius 1 is 1.00 bits per heavy atom. The molecule has 0 bridgehead atoms. The predicted molar refractivity (Wildman–Crippen MR) is 126 cm³/mol. The molecule has 5 heterocycles. The fraction of sp³-hybridized carbons (Fsp3) is 0.333. The van der Waals surface area contributed by atoms with Gasteiger partial charge in [0, 0.05) is 63.3 Å². The van der Waals surface area contributed by atoms with Gasteiger partial charge >= 0.3 is 0 Å². The summed E-state index contributed by atoms with van der Waals surface area (Å²) in [6, 6.07) is 6.72. The Morgan fingerprint density at radius 2 is 1.76 bits per heavy atom. The average Bonchev–Trinajstić information content (AvgIpc) is 3.24. The normalized spacial score (nSPS) is 16.7. The Hall–Kier alpha value is -3.63. The van der Waals surface area contributed by atoms with Gasteiger partial charge in [0.1, 0.15) is 5.82 Å². The van der Waals surface area contributed by atoms with Crippen LogP contribution < -0.4 is 10.6 Å². The maximum Gasteiger partial charge on any atom is 0.219 e. The van der Waals surface area contributed by atoms with Gasteiger partial charge < -0.3 is 15.4 Å². The molecule has 6 rings (SSSR count). The number of hydrogen-bond donors (Lipinski definition) is 1. The monoisotopic (exact) mass is 460 g/mol. The summed E-state index contributed by atoms with van der Waals surface area (Å²) in [5.74, 6) is 0.862. The van der Waals surface area contributed by atoms with Gasteiger partial charge in [0.2, 0.25) is 5.95 Å². The summed E-state index contributed by atoms with van der Waals surface area (Å²) < 4.78 is 21.0. The molecule has 0 amide bonds. The number of imidazole rings is 1. The third-order valence-corrected chi connectivity index (χ3v) is 6.41. The number of aromatic nitrogens is 5. The summed E-state index contributed by atoms with van der Waals surface area (Å²) in [6.07, 6.45) is 6.26. The van der Waals surface area contributed by atoms with Gasteiger partial charge in [0.05, 0.1) is 30.3 Å². The van der Waals surface area contributed by atoms with E-state index in [2.05, 4.69) is 24.2 Å². The molecule has 0 atom stereocenters. The van der Waals surface area contributed by atoms with Crippen LogP contribution in [0.3, 0.4) is 0 Å². The van der Waals surface area contributed by atoms with Crippen molar-refractivity contribution < 1.29 is 9.13 Å². The molecule has 9 nitrogen and oxygen atoms in total. The molecule has 1 fully saturated rings. The first-order valence-electron chi connectivity index (χ1n) is 11.4. The highest BCUT2D eigenvalue weighted by Gasteiger charge is 2.26. The first-order chi connectivity index (χ1) is 16.6. The zero-order valence-corrected chi connectivity index (χ0v) is 18.7. The van der Waals surface area contributed by atoms with Gasteiger partial charge in [-0.2, -0.15) is 0 Å². The Balaban J connectivity index is 1.41. The number of nitrogen functional groups attached to an aromatic ring is 1. The number of hydrogen-bond acceptors (Lipinski definition) is 8. The number of anilines is 2. The van der Waals surface area contributed by atoms with E-state index in [1.54, 1.807) is 12.4 Å². The Kier molecular flexibility index (Phi) is 5.31. The fourth-order valence-corrected chi connectivity index (χ4v) is 4.63. The molecule has 0 spiro atoms. The van der Waals surface area contributed by atoms with Crippen LogP contribution in [0.2, 0.25) is 0 Å². The largest absolute Gasteiger partial charge is 0.378 e.